The van der Waals surface area contributed by atoms with Crippen LogP contribution >= 0.6 is 0 Å². The van der Waals surface area contributed by atoms with Gasteiger partial charge in [-0.1, -0.05) is 19.9 Å². The highest BCUT2D eigenvalue weighted by Gasteiger charge is 2.42. The molecule has 25 heavy (non-hydrogen) atoms. The van der Waals surface area contributed by atoms with E-state index in [1.54, 1.807) is 0 Å². The first-order chi connectivity index (χ1) is 11.8. The van der Waals surface area contributed by atoms with Gasteiger partial charge in [-0.05, 0) is 23.6 Å². The summed E-state index contributed by atoms with van der Waals surface area (Å²) in [7, 11) is 0. The summed E-state index contributed by atoms with van der Waals surface area (Å²) >= 11 is 0. The number of nitro groups is 1. The second kappa shape index (κ2) is 7.29. The van der Waals surface area contributed by atoms with E-state index in [2.05, 4.69) is 6.58 Å². The lowest BCUT2D eigenvalue weighted by Gasteiger charge is -2.25. The van der Waals surface area contributed by atoms with Gasteiger partial charge in [0.25, 0.3) is 11.6 Å². The number of non-ortho nitro benzene ring substituents is 1. The Labute approximate surface area is 145 Å². The summed E-state index contributed by atoms with van der Waals surface area (Å²) in [4.78, 5) is 36.6. The third-order valence-electron chi connectivity index (χ3n) is 3.94. The molecule has 0 saturated heterocycles. The van der Waals surface area contributed by atoms with E-state index in [1.165, 1.54) is 35.2 Å². The van der Waals surface area contributed by atoms with E-state index in [0.29, 0.717) is 5.56 Å². The number of benzene rings is 1. The molecular weight excluding hydrogens is 324 g/mol. The van der Waals surface area contributed by atoms with E-state index >= 15 is 0 Å². The predicted molar refractivity (Wildman–Crippen MR) is 91.9 cm³/mol. The molecule has 7 heteroatoms. The molecule has 0 fully saturated rings. The number of nitrogens with zero attached hydrogens (tertiary/aromatic N) is 2. The summed E-state index contributed by atoms with van der Waals surface area (Å²) in [6, 6.07) is 4.83. The van der Waals surface area contributed by atoms with E-state index in [9.17, 15) is 24.8 Å². The van der Waals surface area contributed by atoms with Crippen molar-refractivity contribution >= 4 is 17.4 Å². The fourth-order valence-corrected chi connectivity index (χ4v) is 2.87. The monoisotopic (exact) mass is 344 g/mol. The van der Waals surface area contributed by atoms with Crippen LogP contribution in [-0.2, 0) is 9.59 Å². The molecular formula is C18H20N2O5. The van der Waals surface area contributed by atoms with Crippen molar-refractivity contribution in [3.05, 3.63) is 63.9 Å². The van der Waals surface area contributed by atoms with Crippen LogP contribution in [0.5, 0.6) is 0 Å². The summed E-state index contributed by atoms with van der Waals surface area (Å²) in [6.45, 7) is 7.48. The molecule has 1 amide bonds. The molecule has 0 aliphatic carbocycles. The number of aliphatic hydroxyl groups excluding tert-OH is 1. The Morgan fingerprint density at radius 3 is 2.48 bits per heavy atom. The maximum absolute atomic E-state index is 12.6. The lowest BCUT2D eigenvalue weighted by Crippen LogP contribution is -2.31. The Hall–Kier alpha value is -2.96. The quantitative estimate of drug-likeness (QED) is 0.465. The van der Waals surface area contributed by atoms with Gasteiger partial charge >= 0.3 is 0 Å². The average molecular weight is 344 g/mol. The molecule has 1 N–H and O–H groups in total. The van der Waals surface area contributed by atoms with Crippen LogP contribution in [0.3, 0.4) is 0 Å². The molecule has 1 aliphatic rings. The number of aliphatic hydroxyl groups is 1. The number of amides is 1. The Morgan fingerprint density at radius 1 is 1.40 bits per heavy atom. The molecule has 132 valence electrons. The zero-order valence-electron chi connectivity index (χ0n) is 14.1. The first-order valence-corrected chi connectivity index (χ1v) is 7.90. The van der Waals surface area contributed by atoms with Crippen LogP contribution in [-0.4, -0.2) is 33.2 Å². The Bertz CT molecular complexity index is 749. The molecule has 1 unspecified atom stereocenters. The number of hydrogen-bond acceptors (Lipinski definition) is 5. The standard InChI is InChI=1S/C18H20N2O5/c1-4-9-19-16(12-5-7-13(8-6-12)20(24)25)15(17(22)18(19)23)14(21)10-11(2)3/h4-8,11,16,22H,1,9-10H2,2-3H3. The maximum Gasteiger partial charge on any atom is 0.290 e. The SMILES string of the molecule is C=CCN1C(=O)C(O)=C(C(=O)CC(C)C)C1c1ccc([N+](=O)[O-])cc1. The van der Waals surface area contributed by atoms with Gasteiger partial charge in [0.1, 0.15) is 0 Å². The van der Waals surface area contributed by atoms with Gasteiger partial charge in [-0.15, -0.1) is 6.58 Å². The summed E-state index contributed by atoms with van der Waals surface area (Å²) in [5, 5.41) is 21.1. The number of hydrogen-bond donors (Lipinski definition) is 1. The van der Waals surface area contributed by atoms with E-state index in [0.717, 1.165) is 0 Å². The van der Waals surface area contributed by atoms with Crippen LogP contribution in [0.25, 0.3) is 0 Å². The minimum absolute atomic E-state index is 0.0365. The highest BCUT2D eigenvalue weighted by atomic mass is 16.6. The van der Waals surface area contributed by atoms with Crippen molar-refractivity contribution in [3.63, 3.8) is 0 Å². The fourth-order valence-electron chi connectivity index (χ4n) is 2.87. The molecule has 0 radical (unpaired) electrons. The highest BCUT2D eigenvalue weighted by molar-refractivity contribution is 6.09. The smallest absolute Gasteiger partial charge is 0.290 e. The molecule has 0 aromatic heterocycles. The third kappa shape index (κ3) is 3.60. The first kappa shape index (κ1) is 18.4. The number of nitro benzene ring substituents is 1. The summed E-state index contributed by atoms with van der Waals surface area (Å²) < 4.78 is 0. The number of Topliss-reactive ketones (excluding diaryl/α,β-unsaturated/α-hetero) is 1. The van der Waals surface area contributed by atoms with Gasteiger partial charge in [-0.25, -0.2) is 0 Å². The molecule has 2 rings (SSSR count). The topological polar surface area (TPSA) is 101 Å². The second-order valence-electron chi connectivity index (χ2n) is 6.28. The molecule has 1 aromatic carbocycles. The summed E-state index contributed by atoms with van der Waals surface area (Å²) in [6.07, 6.45) is 1.69. The van der Waals surface area contributed by atoms with E-state index < -0.39 is 22.6 Å². The molecule has 1 aliphatic heterocycles. The molecule has 7 nitrogen and oxygen atoms in total. The zero-order chi connectivity index (χ0) is 18.7. The van der Waals surface area contributed by atoms with Crippen LogP contribution in [0.1, 0.15) is 31.9 Å². The van der Waals surface area contributed by atoms with E-state index in [1.807, 2.05) is 13.8 Å². The van der Waals surface area contributed by atoms with Gasteiger partial charge in [0.15, 0.2) is 11.5 Å². The highest BCUT2D eigenvalue weighted by Crippen LogP contribution is 2.38. The van der Waals surface area contributed by atoms with Crippen molar-refractivity contribution in [3.8, 4) is 0 Å². The van der Waals surface area contributed by atoms with Crippen LogP contribution in [0.4, 0.5) is 5.69 Å². The van der Waals surface area contributed by atoms with Gasteiger partial charge in [-0.2, -0.15) is 0 Å². The minimum Gasteiger partial charge on any atom is -0.503 e. The maximum atomic E-state index is 12.6. The van der Waals surface area contributed by atoms with E-state index in [4.69, 9.17) is 0 Å². The largest absolute Gasteiger partial charge is 0.503 e. The molecule has 1 aromatic rings. The number of ketones is 1. The molecule has 0 spiro atoms. The number of carbonyl (C=O) groups excluding carboxylic acids is 2. The lowest BCUT2D eigenvalue weighted by molar-refractivity contribution is -0.384. The van der Waals surface area contributed by atoms with Crippen LogP contribution in [0.15, 0.2) is 48.3 Å². The minimum atomic E-state index is -0.780. The zero-order valence-corrected chi connectivity index (χ0v) is 14.1. The Morgan fingerprint density at radius 2 is 2.00 bits per heavy atom. The van der Waals surface area contributed by atoms with Gasteiger partial charge < -0.3 is 10.0 Å². The van der Waals surface area contributed by atoms with Crippen LogP contribution in [0.2, 0.25) is 0 Å². The normalized spacial score (nSPS) is 17.3. The number of carbonyl (C=O) groups is 2. The van der Waals surface area contributed by atoms with Crippen molar-refractivity contribution in [2.24, 2.45) is 5.92 Å². The van der Waals surface area contributed by atoms with Crippen molar-refractivity contribution in [1.29, 1.82) is 0 Å². The van der Waals surface area contributed by atoms with Crippen LogP contribution < -0.4 is 0 Å². The van der Waals surface area contributed by atoms with Crippen LogP contribution in [0, 0.1) is 16.0 Å². The van der Waals surface area contributed by atoms with Gasteiger partial charge in [-0.3, -0.25) is 19.7 Å². The van der Waals surface area contributed by atoms with Gasteiger partial charge in [0.2, 0.25) is 0 Å². The third-order valence-corrected chi connectivity index (χ3v) is 3.94. The van der Waals surface area contributed by atoms with Gasteiger partial charge in [0, 0.05) is 25.1 Å². The Balaban J connectivity index is 2.50. The number of rotatable bonds is 7. The Kier molecular flexibility index (Phi) is 5.36. The summed E-state index contributed by atoms with van der Waals surface area (Å²) in [5.41, 5.74) is 0.470. The summed E-state index contributed by atoms with van der Waals surface area (Å²) in [5.74, 6) is -1.45. The average Bonchev–Trinajstić information content (AvgIpc) is 2.79. The van der Waals surface area contributed by atoms with Crippen molar-refractivity contribution in [2.45, 2.75) is 26.3 Å². The molecule has 0 bridgehead atoms. The lowest BCUT2D eigenvalue weighted by atomic mass is 9.92. The molecule has 1 atom stereocenters. The fraction of sp³-hybridized carbons (Fsp3) is 0.333. The second-order valence-corrected chi connectivity index (χ2v) is 6.28. The van der Waals surface area contributed by atoms with Crippen molar-refractivity contribution in [1.82, 2.24) is 4.90 Å². The molecule has 1 heterocycles. The van der Waals surface area contributed by atoms with Crippen molar-refractivity contribution < 1.29 is 19.6 Å². The van der Waals surface area contributed by atoms with Gasteiger partial charge in [0.05, 0.1) is 16.5 Å². The predicted octanol–water partition coefficient (Wildman–Crippen LogP) is 3.09. The molecule has 0 saturated carbocycles. The van der Waals surface area contributed by atoms with E-state index in [-0.39, 0.29) is 35.9 Å². The first-order valence-electron chi connectivity index (χ1n) is 7.90. The van der Waals surface area contributed by atoms with Crippen molar-refractivity contribution in [2.75, 3.05) is 6.54 Å².